The van der Waals surface area contributed by atoms with E-state index in [0.29, 0.717) is 11.3 Å². The number of methoxy groups -OCH3 is 1. The SMILES string of the molecule is COc1cccc(/C=C/C(=O)Nc2ccccc2S(=O)(=O)C(F)F)c1. The second-order valence-electron chi connectivity index (χ2n) is 4.90. The third kappa shape index (κ3) is 4.63. The summed E-state index contributed by atoms with van der Waals surface area (Å²) in [6.07, 6.45) is 2.66. The van der Waals surface area contributed by atoms with E-state index in [1.165, 1.54) is 37.5 Å². The van der Waals surface area contributed by atoms with Crippen LogP contribution in [-0.2, 0) is 14.6 Å². The highest BCUT2D eigenvalue weighted by molar-refractivity contribution is 7.91. The largest absolute Gasteiger partial charge is 0.497 e. The Morgan fingerprint density at radius 3 is 2.56 bits per heavy atom. The normalized spacial score (nSPS) is 11.7. The lowest BCUT2D eigenvalue weighted by molar-refractivity contribution is -0.111. The number of sulfone groups is 1. The fraction of sp³-hybridized carbons (Fsp3) is 0.118. The fourth-order valence-electron chi connectivity index (χ4n) is 2.01. The monoisotopic (exact) mass is 367 g/mol. The molecule has 0 aliphatic carbocycles. The number of carbonyl (C=O) groups excluding carboxylic acids is 1. The third-order valence-corrected chi connectivity index (χ3v) is 4.65. The molecule has 0 saturated carbocycles. The minimum absolute atomic E-state index is 0.205. The zero-order valence-corrected chi connectivity index (χ0v) is 14.0. The maximum atomic E-state index is 12.7. The molecule has 0 aromatic heterocycles. The average molecular weight is 367 g/mol. The molecule has 1 N–H and O–H groups in total. The molecule has 0 saturated heterocycles. The smallest absolute Gasteiger partial charge is 0.341 e. The Kier molecular flexibility index (Phi) is 5.87. The van der Waals surface area contributed by atoms with Gasteiger partial charge in [0.05, 0.1) is 17.7 Å². The molecule has 132 valence electrons. The van der Waals surface area contributed by atoms with Crippen molar-refractivity contribution in [3.05, 3.63) is 60.2 Å². The molecule has 0 spiro atoms. The van der Waals surface area contributed by atoms with E-state index in [0.717, 1.165) is 6.07 Å². The van der Waals surface area contributed by atoms with E-state index in [2.05, 4.69) is 5.32 Å². The molecule has 0 bridgehead atoms. The minimum Gasteiger partial charge on any atom is -0.497 e. The Morgan fingerprint density at radius 1 is 1.16 bits per heavy atom. The number of ether oxygens (including phenoxy) is 1. The van der Waals surface area contributed by atoms with Crippen LogP contribution in [0.2, 0.25) is 0 Å². The molecule has 0 heterocycles. The summed E-state index contributed by atoms with van der Waals surface area (Å²) >= 11 is 0. The van der Waals surface area contributed by atoms with Gasteiger partial charge in [-0.05, 0) is 35.9 Å². The summed E-state index contributed by atoms with van der Waals surface area (Å²) in [5, 5.41) is 2.30. The van der Waals surface area contributed by atoms with Crippen LogP contribution in [-0.4, -0.2) is 27.2 Å². The Hall–Kier alpha value is -2.74. The van der Waals surface area contributed by atoms with Crippen LogP contribution < -0.4 is 10.1 Å². The number of anilines is 1. The van der Waals surface area contributed by atoms with E-state index in [1.807, 2.05) is 0 Å². The zero-order chi connectivity index (χ0) is 18.4. The standard InChI is InChI=1S/C17H15F2NO4S/c1-24-13-6-4-5-12(11-13)9-10-16(21)20-14-7-2-3-8-15(14)25(22,23)17(18)19/h2-11,17H,1H3,(H,20,21)/b10-9+. The van der Waals surface area contributed by atoms with E-state index in [1.54, 1.807) is 24.3 Å². The highest BCUT2D eigenvalue weighted by Crippen LogP contribution is 2.26. The number of alkyl halides is 2. The van der Waals surface area contributed by atoms with Gasteiger partial charge in [-0.25, -0.2) is 8.42 Å². The van der Waals surface area contributed by atoms with Crippen LogP contribution >= 0.6 is 0 Å². The summed E-state index contributed by atoms with van der Waals surface area (Å²) in [7, 11) is -3.31. The first-order chi connectivity index (χ1) is 11.8. The molecule has 2 aromatic carbocycles. The predicted octanol–water partition coefficient (Wildman–Crippen LogP) is 3.34. The number of rotatable bonds is 6. The Balaban J connectivity index is 2.20. The van der Waals surface area contributed by atoms with Crippen LogP contribution in [0.1, 0.15) is 5.56 Å². The van der Waals surface area contributed by atoms with Gasteiger partial charge in [-0.15, -0.1) is 0 Å². The number of hydrogen-bond donors (Lipinski definition) is 1. The molecule has 1 amide bonds. The molecule has 0 aliphatic heterocycles. The van der Waals surface area contributed by atoms with Gasteiger partial charge >= 0.3 is 5.76 Å². The van der Waals surface area contributed by atoms with Gasteiger partial charge in [0.25, 0.3) is 0 Å². The van der Waals surface area contributed by atoms with Gasteiger partial charge in [0.15, 0.2) is 0 Å². The molecule has 0 atom stereocenters. The summed E-state index contributed by atoms with van der Waals surface area (Å²) in [6, 6.07) is 11.9. The van der Waals surface area contributed by atoms with Gasteiger partial charge in [-0.2, -0.15) is 8.78 Å². The highest BCUT2D eigenvalue weighted by atomic mass is 32.2. The van der Waals surface area contributed by atoms with Crippen LogP contribution in [0, 0.1) is 0 Å². The van der Waals surface area contributed by atoms with Gasteiger partial charge in [0.1, 0.15) is 5.75 Å². The Bertz CT molecular complexity index is 895. The summed E-state index contributed by atoms with van der Waals surface area (Å²) in [6.45, 7) is 0. The minimum atomic E-state index is -4.82. The highest BCUT2D eigenvalue weighted by Gasteiger charge is 2.29. The van der Waals surface area contributed by atoms with Crippen molar-refractivity contribution < 1.29 is 26.7 Å². The molecule has 0 radical (unpaired) electrons. The van der Waals surface area contributed by atoms with Gasteiger partial charge in [0, 0.05) is 6.08 Å². The van der Waals surface area contributed by atoms with Crippen molar-refractivity contribution in [1.29, 1.82) is 0 Å². The van der Waals surface area contributed by atoms with E-state index in [9.17, 15) is 22.0 Å². The van der Waals surface area contributed by atoms with Gasteiger partial charge in [-0.3, -0.25) is 4.79 Å². The summed E-state index contributed by atoms with van der Waals surface area (Å²) in [4.78, 5) is 11.3. The zero-order valence-electron chi connectivity index (χ0n) is 13.1. The van der Waals surface area contributed by atoms with E-state index in [-0.39, 0.29) is 5.69 Å². The number of carbonyl (C=O) groups is 1. The molecular formula is C17H15F2NO4S. The lowest BCUT2D eigenvalue weighted by Crippen LogP contribution is -2.16. The molecule has 25 heavy (non-hydrogen) atoms. The second-order valence-corrected chi connectivity index (χ2v) is 6.79. The predicted molar refractivity (Wildman–Crippen MR) is 90.3 cm³/mol. The van der Waals surface area contributed by atoms with Crippen LogP contribution in [0.25, 0.3) is 6.08 Å². The molecule has 0 unspecified atom stereocenters. The molecule has 2 aromatic rings. The molecule has 8 heteroatoms. The van der Waals surface area contributed by atoms with Crippen LogP contribution in [0.15, 0.2) is 59.5 Å². The number of benzene rings is 2. The molecular weight excluding hydrogens is 352 g/mol. The van der Waals surface area contributed by atoms with Gasteiger partial charge in [0.2, 0.25) is 15.7 Å². The summed E-state index contributed by atoms with van der Waals surface area (Å²) < 4.78 is 53.8. The van der Waals surface area contributed by atoms with Crippen molar-refractivity contribution in [3.63, 3.8) is 0 Å². The number of nitrogens with one attached hydrogen (secondary N) is 1. The number of amides is 1. The lowest BCUT2D eigenvalue weighted by Gasteiger charge is -2.10. The van der Waals surface area contributed by atoms with Crippen molar-refractivity contribution in [2.24, 2.45) is 0 Å². The van der Waals surface area contributed by atoms with Crippen LogP contribution in [0.3, 0.4) is 0 Å². The molecule has 0 aliphatic rings. The summed E-state index contributed by atoms with van der Waals surface area (Å²) in [5.74, 6) is -3.62. The number of halogens is 2. The number of para-hydroxylation sites is 1. The lowest BCUT2D eigenvalue weighted by atomic mass is 10.2. The molecule has 0 fully saturated rings. The number of hydrogen-bond acceptors (Lipinski definition) is 4. The van der Waals surface area contributed by atoms with Crippen molar-refractivity contribution in [2.45, 2.75) is 10.7 Å². The van der Waals surface area contributed by atoms with E-state index >= 15 is 0 Å². The average Bonchev–Trinajstić information content (AvgIpc) is 2.60. The van der Waals surface area contributed by atoms with Crippen molar-refractivity contribution in [3.8, 4) is 5.75 Å². The fourth-order valence-corrected chi connectivity index (χ4v) is 2.89. The van der Waals surface area contributed by atoms with Crippen molar-refractivity contribution in [2.75, 3.05) is 12.4 Å². The van der Waals surface area contributed by atoms with Gasteiger partial charge < -0.3 is 10.1 Å². The molecule has 5 nitrogen and oxygen atoms in total. The Labute approximate surface area is 143 Å². The first kappa shape index (κ1) is 18.6. The second kappa shape index (κ2) is 7.89. The van der Waals surface area contributed by atoms with Crippen molar-refractivity contribution in [1.82, 2.24) is 0 Å². The van der Waals surface area contributed by atoms with Crippen LogP contribution in [0.4, 0.5) is 14.5 Å². The maximum absolute atomic E-state index is 12.7. The first-order valence-corrected chi connectivity index (χ1v) is 8.63. The van der Waals surface area contributed by atoms with E-state index < -0.39 is 26.4 Å². The quantitative estimate of drug-likeness (QED) is 0.795. The first-order valence-electron chi connectivity index (χ1n) is 7.09. The van der Waals surface area contributed by atoms with Gasteiger partial charge in [-0.1, -0.05) is 24.3 Å². The van der Waals surface area contributed by atoms with Crippen molar-refractivity contribution >= 4 is 27.5 Å². The maximum Gasteiger partial charge on any atom is 0.341 e. The van der Waals surface area contributed by atoms with E-state index in [4.69, 9.17) is 4.74 Å². The molecule has 2 rings (SSSR count). The third-order valence-electron chi connectivity index (χ3n) is 3.21. The Morgan fingerprint density at radius 2 is 1.88 bits per heavy atom. The topological polar surface area (TPSA) is 72.5 Å². The summed E-state index contributed by atoms with van der Waals surface area (Å²) in [5.41, 5.74) is 0.478. The van der Waals surface area contributed by atoms with Crippen LogP contribution in [0.5, 0.6) is 5.75 Å².